The largest absolute Gasteiger partial charge is 0.393 e. The highest BCUT2D eigenvalue weighted by molar-refractivity contribution is 4.85. The Morgan fingerprint density at radius 1 is 1.29 bits per heavy atom. The van der Waals surface area contributed by atoms with Crippen LogP contribution < -0.4 is 5.32 Å². The first kappa shape index (κ1) is 14.8. The molecule has 1 rings (SSSR count). The standard InChI is InChI=1S/C12H22F3NO/c1-3-17-9(2)8-16-11-7-5-4-6-10(11)12(13,14)15/h9-11,16H,3-8H2,1-2H3. The van der Waals surface area contributed by atoms with Gasteiger partial charge in [-0.15, -0.1) is 0 Å². The van der Waals surface area contributed by atoms with Crippen LogP contribution in [0.2, 0.25) is 0 Å². The molecule has 1 fully saturated rings. The minimum Gasteiger partial charge on any atom is -0.377 e. The Balaban J connectivity index is 2.43. The van der Waals surface area contributed by atoms with Gasteiger partial charge in [0, 0.05) is 19.2 Å². The average molecular weight is 253 g/mol. The summed E-state index contributed by atoms with van der Waals surface area (Å²) in [5.74, 6) is -1.19. The van der Waals surface area contributed by atoms with Crippen molar-refractivity contribution in [3.63, 3.8) is 0 Å². The van der Waals surface area contributed by atoms with Crippen molar-refractivity contribution in [2.45, 2.75) is 57.9 Å². The number of halogens is 3. The molecule has 1 aliphatic rings. The molecule has 0 radical (unpaired) electrons. The number of rotatable bonds is 5. The molecule has 1 aliphatic carbocycles. The zero-order valence-corrected chi connectivity index (χ0v) is 10.5. The van der Waals surface area contributed by atoms with E-state index in [9.17, 15) is 13.2 Å². The van der Waals surface area contributed by atoms with Crippen LogP contribution in [-0.2, 0) is 4.74 Å². The van der Waals surface area contributed by atoms with Gasteiger partial charge in [0.2, 0.25) is 0 Å². The number of nitrogens with one attached hydrogen (secondary N) is 1. The Hall–Kier alpha value is -0.290. The summed E-state index contributed by atoms with van der Waals surface area (Å²) < 4.78 is 43.7. The lowest BCUT2D eigenvalue weighted by Gasteiger charge is -2.34. The van der Waals surface area contributed by atoms with Gasteiger partial charge in [0.15, 0.2) is 0 Å². The second-order valence-electron chi connectivity index (χ2n) is 4.71. The smallest absolute Gasteiger partial charge is 0.377 e. The lowest BCUT2D eigenvalue weighted by molar-refractivity contribution is -0.189. The maximum Gasteiger partial charge on any atom is 0.393 e. The molecule has 3 atom stereocenters. The first-order valence-electron chi connectivity index (χ1n) is 6.36. The molecule has 3 unspecified atom stereocenters. The van der Waals surface area contributed by atoms with Crippen LogP contribution in [0, 0.1) is 5.92 Å². The molecule has 0 aromatic carbocycles. The van der Waals surface area contributed by atoms with E-state index in [1.165, 1.54) is 0 Å². The molecule has 2 nitrogen and oxygen atoms in total. The lowest BCUT2D eigenvalue weighted by atomic mass is 9.84. The second-order valence-corrected chi connectivity index (χ2v) is 4.71. The van der Waals surface area contributed by atoms with E-state index in [0.29, 0.717) is 26.0 Å². The number of hydrogen-bond acceptors (Lipinski definition) is 2. The van der Waals surface area contributed by atoms with Gasteiger partial charge < -0.3 is 10.1 Å². The maximum atomic E-state index is 12.8. The summed E-state index contributed by atoms with van der Waals surface area (Å²) in [5, 5.41) is 3.02. The van der Waals surface area contributed by atoms with E-state index in [2.05, 4.69) is 5.32 Å². The zero-order valence-electron chi connectivity index (χ0n) is 10.5. The molecule has 102 valence electrons. The molecule has 0 aliphatic heterocycles. The highest BCUT2D eigenvalue weighted by Gasteiger charge is 2.45. The molecular formula is C12H22F3NO. The first-order valence-corrected chi connectivity index (χ1v) is 6.36. The Morgan fingerprint density at radius 2 is 1.94 bits per heavy atom. The SMILES string of the molecule is CCOC(C)CNC1CCCCC1C(F)(F)F. The Morgan fingerprint density at radius 3 is 2.53 bits per heavy atom. The molecule has 0 spiro atoms. The molecule has 1 saturated carbocycles. The lowest BCUT2D eigenvalue weighted by Crippen LogP contribution is -2.47. The highest BCUT2D eigenvalue weighted by Crippen LogP contribution is 2.37. The Labute approximate surface area is 101 Å². The molecule has 0 heterocycles. The number of hydrogen-bond donors (Lipinski definition) is 1. The van der Waals surface area contributed by atoms with Gasteiger partial charge in [0.25, 0.3) is 0 Å². The first-order chi connectivity index (χ1) is 7.95. The van der Waals surface area contributed by atoms with Crippen LogP contribution in [0.3, 0.4) is 0 Å². The molecular weight excluding hydrogens is 231 g/mol. The summed E-state index contributed by atoms with van der Waals surface area (Å²) in [6.45, 7) is 4.85. The van der Waals surface area contributed by atoms with Crippen molar-refractivity contribution in [1.29, 1.82) is 0 Å². The number of alkyl halides is 3. The fourth-order valence-corrected chi connectivity index (χ4v) is 2.43. The van der Waals surface area contributed by atoms with Gasteiger partial charge in [-0.1, -0.05) is 12.8 Å². The quantitative estimate of drug-likeness (QED) is 0.812. The third kappa shape index (κ3) is 4.84. The van der Waals surface area contributed by atoms with Crippen LogP contribution in [0.5, 0.6) is 0 Å². The van der Waals surface area contributed by atoms with Crippen LogP contribution in [0.1, 0.15) is 39.5 Å². The van der Waals surface area contributed by atoms with Crippen LogP contribution in [0.15, 0.2) is 0 Å². The molecule has 0 amide bonds. The maximum absolute atomic E-state index is 12.8. The van der Waals surface area contributed by atoms with Crippen molar-refractivity contribution in [3.8, 4) is 0 Å². The summed E-state index contributed by atoms with van der Waals surface area (Å²) in [7, 11) is 0. The molecule has 0 bridgehead atoms. The van der Waals surface area contributed by atoms with Gasteiger partial charge in [-0.05, 0) is 26.7 Å². The fraction of sp³-hybridized carbons (Fsp3) is 1.00. The Bertz CT molecular complexity index is 220. The third-order valence-electron chi connectivity index (χ3n) is 3.31. The minimum absolute atomic E-state index is 0.0317. The zero-order chi connectivity index (χ0) is 12.9. The van der Waals surface area contributed by atoms with Crippen molar-refractivity contribution in [2.24, 2.45) is 5.92 Å². The van der Waals surface area contributed by atoms with Gasteiger partial charge in [-0.3, -0.25) is 0 Å². The summed E-state index contributed by atoms with van der Waals surface area (Å²) in [5.41, 5.74) is 0. The van der Waals surface area contributed by atoms with E-state index < -0.39 is 18.1 Å². The van der Waals surface area contributed by atoms with E-state index in [0.717, 1.165) is 6.42 Å². The van der Waals surface area contributed by atoms with Crippen molar-refractivity contribution in [1.82, 2.24) is 5.32 Å². The van der Waals surface area contributed by atoms with Gasteiger partial charge in [-0.2, -0.15) is 13.2 Å². The predicted molar refractivity (Wildman–Crippen MR) is 60.9 cm³/mol. The van der Waals surface area contributed by atoms with Crippen molar-refractivity contribution in [3.05, 3.63) is 0 Å². The van der Waals surface area contributed by atoms with Crippen LogP contribution in [0.25, 0.3) is 0 Å². The predicted octanol–water partition coefficient (Wildman–Crippen LogP) is 3.12. The van der Waals surface area contributed by atoms with Gasteiger partial charge in [0.1, 0.15) is 0 Å². The van der Waals surface area contributed by atoms with Crippen LogP contribution in [-0.4, -0.2) is 31.5 Å². The van der Waals surface area contributed by atoms with E-state index in [1.807, 2.05) is 13.8 Å². The number of ether oxygens (including phenoxy) is 1. The molecule has 17 heavy (non-hydrogen) atoms. The summed E-state index contributed by atoms with van der Waals surface area (Å²) in [6.07, 6.45) is -1.67. The molecule has 0 saturated heterocycles. The van der Waals surface area contributed by atoms with Crippen molar-refractivity contribution >= 4 is 0 Å². The normalized spacial score (nSPS) is 28.1. The average Bonchev–Trinajstić information content (AvgIpc) is 2.26. The molecule has 5 heteroatoms. The van der Waals surface area contributed by atoms with E-state index in [-0.39, 0.29) is 12.5 Å². The molecule has 0 aromatic rings. The summed E-state index contributed by atoms with van der Waals surface area (Å²) >= 11 is 0. The Kier molecular flexibility index (Phi) is 5.73. The highest BCUT2D eigenvalue weighted by atomic mass is 19.4. The summed E-state index contributed by atoms with van der Waals surface area (Å²) in [6, 6.07) is -0.438. The monoisotopic (exact) mass is 253 g/mol. The van der Waals surface area contributed by atoms with Gasteiger partial charge >= 0.3 is 6.18 Å². The van der Waals surface area contributed by atoms with Crippen molar-refractivity contribution in [2.75, 3.05) is 13.2 Å². The molecule has 0 aromatic heterocycles. The van der Waals surface area contributed by atoms with Gasteiger partial charge in [-0.25, -0.2) is 0 Å². The fourth-order valence-electron chi connectivity index (χ4n) is 2.43. The van der Waals surface area contributed by atoms with E-state index in [4.69, 9.17) is 4.74 Å². The van der Waals surface area contributed by atoms with Crippen LogP contribution in [0.4, 0.5) is 13.2 Å². The second kappa shape index (κ2) is 6.59. The van der Waals surface area contributed by atoms with Crippen LogP contribution >= 0.6 is 0 Å². The van der Waals surface area contributed by atoms with E-state index in [1.54, 1.807) is 0 Å². The third-order valence-corrected chi connectivity index (χ3v) is 3.31. The van der Waals surface area contributed by atoms with Crippen molar-refractivity contribution < 1.29 is 17.9 Å². The van der Waals surface area contributed by atoms with Gasteiger partial charge in [0.05, 0.1) is 12.0 Å². The minimum atomic E-state index is -4.08. The summed E-state index contributed by atoms with van der Waals surface area (Å²) in [4.78, 5) is 0. The topological polar surface area (TPSA) is 21.3 Å². The van der Waals surface area contributed by atoms with E-state index >= 15 is 0 Å². The molecule has 1 N–H and O–H groups in total.